The third-order valence-corrected chi connectivity index (χ3v) is 5.06. The number of hydrogen-bond donors (Lipinski definition) is 1. The van der Waals surface area contributed by atoms with Crippen LogP contribution in [0.2, 0.25) is 0 Å². The number of benzene rings is 1. The molecule has 0 heterocycles. The highest BCUT2D eigenvalue weighted by Gasteiger charge is 2.22. The highest BCUT2D eigenvalue weighted by atomic mass is 14.9. The van der Waals surface area contributed by atoms with E-state index in [1.54, 1.807) is 11.1 Å². The summed E-state index contributed by atoms with van der Waals surface area (Å²) in [6.07, 6.45) is 10.9. The second-order valence-corrected chi connectivity index (χ2v) is 7.34. The number of anilines is 1. The molecule has 1 aromatic carbocycles. The van der Waals surface area contributed by atoms with E-state index in [0.717, 1.165) is 11.8 Å². The van der Waals surface area contributed by atoms with Crippen molar-refractivity contribution in [1.29, 1.82) is 0 Å². The van der Waals surface area contributed by atoms with Crippen LogP contribution in [0.3, 0.4) is 0 Å². The van der Waals surface area contributed by atoms with Crippen molar-refractivity contribution in [2.45, 2.75) is 71.3 Å². The molecular formula is C19H29N. The summed E-state index contributed by atoms with van der Waals surface area (Å²) in [6, 6.07) is 7.76. The van der Waals surface area contributed by atoms with Crippen molar-refractivity contribution in [3.8, 4) is 0 Å². The highest BCUT2D eigenvalue weighted by Crippen LogP contribution is 2.32. The number of hydrogen-bond acceptors (Lipinski definition) is 1. The van der Waals surface area contributed by atoms with Crippen molar-refractivity contribution in [1.82, 2.24) is 0 Å². The van der Waals surface area contributed by atoms with Gasteiger partial charge in [0.1, 0.15) is 0 Å². The zero-order chi connectivity index (χ0) is 13.9. The second-order valence-electron chi connectivity index (χ2n) is 7.34. The molecule has 110 valence electrons. The zero-order valence-electron chi connectivity index (χ0n) is 13.1. The predicted octanol–water partition coefficient (Wildman–Crippen LogP) is 5.19. The lowest BCUT2D eigenvalue weighted by Crippen LogP contribution is -2.28. The maximum absolute atomic E-state index is 3.81. The summed E-state index contributed by atoms with van der Waals surface area (Å²) in [5, 5.41) is 3.81. The van der Waals surface area contributed by atoms with Crippen LogP contribution in [0.4, 0.5) is 5.69 Å². The van der Waals surface area contributed by atoms with Gasteiger partial charge < -0.3 is 5.32 Å². The van der Waals surface area contributed by atoms with Crippen molar-refractivity contribution in [2.24, 2.45) is 11.8 Å². The van der Waals surface area contributed by atoms with E-state index in [9.17, 15) is 0 Å². The molecule has 0 radical (unpaired) electrons. The summed E-state index contributed by atoms with van der Waals surface area (Å²) in [5.41, 5.74) is 4.53. The van der Waals surface area contributed by atoms with Crippen LogP contribution >= 0.6 is 0 Å². The van der Waals surface area contributed by atoms with E-state index in [-0.39, 0.29) is 0 Å². The molecule has 0 aliphatic heterocycles. The van der Waals surface area contributed by atoms with E-state index < -0.39 is 0 Å². The summed E-state index contributed by atoms with van der Waals surface area (Å²) >= 11 is 0. The van der Waals surface area contributed by atoms with Gasteiger partial charge in [-0.15, -0.1) is 0 Å². The van der Waals surface area contributed by atoms with Crippen LogP contribution in [0.5, 0.6) is 0 Å². The molecule has 0 amide bonds. The lowest BCUT2D eigenvalue weighted by Gasteiger charge is -2.31. The minimum Gasteiger partial charge on any atom is -0.382 e. The van der Waals surface area contributed by atoms with Gasteiger partial charge in [0, 0.05) is 11.7 Å². The van der Waals surface area contributed by atoms with Crippen molar-refractivity contribution in [3.05, 3.63) is 29.3 Å². The van der Waals surface area contributed by atoms with E-state index in [2.05, 4.69) is 37.4 Å². The molecule has 0 bridgehead atoms. The summed E-state index contributed by atoms with van der Waals surface area (Å²) in [6.45, 7) is 4.72. The second kappa shape index (κ2) is 6.20. The van der Waals surface area contributed by atoms with E-state index >= 15 is 0 Å². The van der Waals surface area contributed by atoms with Crippen LogP contribution < -0.4 is 5.32 Å². The smallest absolute Gasteiger partial charge is 0.0345 e. The maximum atomic E-state index is 3.81. The Hall–Kier alpha value is -0.980. The Balaban J connectivity index is 1.59. The van der Waals surface area contributed by atoms with Crippen LogP contribution in [0.1, 0.15) is 63.5 Å². The van der Waals surface area contributed by atoms with Gasteiger partial charge in [-0.05, 0) is 73.6 Å². The van der Waals surface area contributed by atoms with E-state index in [0.29, 0.717) is 6.04 Å². The van der Waals surface area contributed by atoms with E-state index in [1.807, 2.05) is 0 Å². The van der Waals surface area contributed by atoms with Crippen molar-refractivity contribution in [2.75, 3.05) is 5.32 Å². The van der Waals surface area contributed by atoms with Gasteiger partial charge in [0.2, 0.25) is 0 Å². The van der Waals surface area contributed by atoms with Gasteiger partial charge in [-0.1, -0.05) is 32.8 Å². The maximum Gasteiger partial charge on any atom is 0.0345 e. The fourth-order valence-electron chi connectivity index (χ4n) is 4.20. The molecule has 0 spiro atoms. The first kappa shape index (κ1) is 14.0. The zero-order valence-corrected chi connectivity index (χ0v) is 13.1. The Kier molecular flexibility index (Phi) is 4.33. The van der Waals surface area contributed by atoms with Crippen LogP contribution in [-0.2, 0) is 12.8 Å². The molecule has 2 aliphatic carbocycles. The molecule has 1 aromatic rings. The lowest BCUT2D eigenvalue weighted by molar-refractivity contribution is 0.289. The van der Waals surface area contributed by atoms with Crippen molar-refractivity contribution in [3.63, 3.8) is 0 Å². The Morgan fingerprint density at radius 3 is 2.80 bits per heavy atom. The first-order valence-corrected chi connectivity index (χ1v) is 8.59. The van der Waals surface area contributed by atoms with E-state index in [4.69, 9.17) is 0 Å². The quantitative estimate of drug-likeness (QED) is 0.794. The average molecular weight is 271 g/mol. The fraction of sp³-hybridized carbons (Fsp3) is 0.684. The molecule has 2 aliphatic rings. The van der Waals surface area contributed by atoms with Gasteiger partial charge in [-0.2, -0.15) is 0 Å². The average Bonchev–Trinajstić information content (AvgIpc) is 2.85. The Labute approximate surface area is 124 Å². The molecule has 0 saturated heterocycles. The summed E-state index contributed by atoms with van der Waals surface area (Å²) in [7, 11) is 0. The third kappa shape index (κ3) is 3.37. The molecule has 0 aromatic heterocycles. The number of nitrogens with one attached hydrogen (secondary N) is 1. The Morgan fingerprint density at radius 1 is 1.10 bits per heavy atom. The molecule has 1 N–H and O–H groups in total. The largest absolute Gasteiger partial charge is 0.382 e. The van der Waals surface area contributed by atoms with Gasteiger partial charge >= 0.3 is 0 Å². The summed E-state index contributed by atoms with van der Waals surface area (Å²) < 4.78 is 0. The normalized spacial score (nSPS) is 25.8. The number of fused-ring (bicyclic) bond motifs is 1. The molecule has 1 saturated carbocycles. The van der Waals surface area contributed by atoms with E-state index in [1.165, 1.54) is 57.1 Å². The van der Waals surface area contributed by atoms with Crippen molar-refractivity contribution < 1.29 is 0 Å². The molecule has 1 heteroatoms. The molecule has 1 fully saturated rings. The highest BCUT2D eigenvalue weighted by molar-refractivity contribution is 5.50. The minimum atomic E-state index is 0.701. The molecule has 3 rings (SSSR count). The molecule has 1 nitrogen and oxygen atoms in total. The first-order chi connectivity index (χ1) is 9.70. The monoisotopic (exact) mass is 271 g/mol. The Morgan fingerprint density at radius 2 is 1.95 bits per heavy atom. The van der Waals surface area contributed by atoms with Crippen LogP contribution in [0.25, 0.3) is 0 Å². The minimum absolute atomic E-state index is 0.701. The van der Waals surface area contributed by atoms with Gasteiger partial charge in [0.05, 0.1) is 0 Å². The summed E-state index contributed by atoms with van der Waals surface area (Å²) in [4.78, 5) is 0. The Bertz CT molecular complexity index is 449. The van der Waals surface area contributed by atoms with Gasteiger partial charge in [-0.3, -0.25) is 0 Å². The molecule has 20 heavy (non-hydrogen) atoms. The van der Waals surface area contributed by atoms with Gasteiger partial charge in [0.15, 0.2) is 0 Å². The van der Waals surface area contributed by atoms with Gasteiger partial charge in [-0.25, -0.2) is 0 Å². The van der Waals surface area contributed by atoms with Crippen LogP contribution in [0, 0.1) is 11.8 Å². The number of aryl methyl sites for hydroxylation is 2. The van der Waals surface area contributed by atoms with Gasteiger partial charge in [0.25, 0.3) is 0 Å². The summed E-state index contributed by atoms with van der Waals surface area (Å²) in [5.74, 6) is 1.79. The molecular weight excluding hydrogens is 242 g/mol. The van der Waals surface area contributed by atoms with Crippen molar-refractivity contribution >= 4 is 5.69 Å². The van der Waals surface area contributed by atoms with Crippen LogP contribution in [-0.4, -0.2) is 6.04 Å². The number of rotatable bonds is 4. The molecule has 2 atom stereocenters. The fourth-order valence-corrected chi connectivity index (χ4v) is 4.20. The third-order valence-electron chi connectivity index (χ3n) is 5.06. The van der Waals surface area contributed by atoms with Crippen LogP contribution in [0.15, 0.2) is 18.2 Å². The predicted molar refractivity (Wildman–Crippen MR) is 87.3 cm³/mol. The molecule has 2 unspecified atom stereocenters. The standard InChI is InChI=1S/C19H29N/c1-14(2)11-15-5-3-8-18(12-15)20-19-10-9-16-6-4-7-17(16)13-19/h9-10,13-15,18,20H,3-8,11-12H2,1-2H3. The SMILES string of the molecule is CC(C)CC1CCCC(Nc2ccc3c(c2)CCC3)C1. The first-order valence-electron chi connectivity index (χ1n) is 8.59. The lowest BCUT2D eigenvalue weighted by atomic mass is 9.81. The topological polar surface area (TPSA) is 12.0 Å².